The van der Waals surface area contributed by atoms with Crippen molar-refractivity contribution in [1.29, 1.82) is 0 Å². The van der Waals surface area contributed by atoms with Crippen molar-refractivity contribution in [3.63, 3.8) is 0 Å². The van der Waals surface area contributed by atoms with Gasteiger partial charge in [0.25, 0.3) is 0 Å². The number of aryl methyl sites for hydroxylation is 1. The molecule has 0 aliphatic heterocycles. The van der Waals surface area contributed by atoms with Gasteiger partial charge in [-0.1, -0.05) is 17.7 Å². The number of carboxylic acid groups (broad SMARTS) is 1. The van der Waals surface area contributed by atoms with E-state index in [4.69, 9.17) is 16.7 Å². The van der Waals surface area contributed by atoms with Crippen molar-refractivity contribution in [2.45, 2.75) is 0 Å². The summed E-state index contributed by atoms with van der Waals surface area (Å²) in [7, 11) is 1.70. The van der Waals surface area contributed by atoms with Crippen LogP contribution in [0.4, 0.5) is 0 Å². The van der Waals surface area contributed by atoms with Crippen LogP contribution in [0.15, 0.2) is 24.3 Å². The maximum atomic E-state index is 10.9. The number of hydrogen-bond acceptors (Lipinski definition) is 3. The van der Waals surface area contributed by atoms with Crippen LogP contribution in [0.2, 0.25) is 5.15 Å². The Balaban J connectivity index is 2.15. The summed E-state index contributed by atoms with van der Waals surface area (Å²) < 4.78 is 1.53. The minimum atomic E-state index is -1.05. The minimum absolute atomic E-state index is 0.0117. The Kier molecular flexibility index (Phi) is 2.53. The normalized spacial score (nSPS) is 11.1. The number of carbonyl (C=O) groups is 1. The predicted octanol–water partition coefficient (Wildman–Crippen LogP) is 2.32. The lowest BCUT2D eigenvalue weighted by Gasteiger charge is -2.01. The molecule has 7 heteroatoms. The van der Waals surface area contributed by atoms with E-state index in [0.717, 1.165) is 16.5 Å². The summed E-state index contributed by atoms with van der Waals surface area (Å²) in [5, 5.41) is 20.9. The smallest absolute Gasteiger partial charge is 0.356 e. The van der Waals surface area contributed by atoms with Crippen molar-refractivity contribution in [1.82, 2.24) is 20.0 Å². The number of carboxylic acids is 1. The van der Waals surface area contributed by atoms with Crippen LogP contribution in [0, 0.1) is 0 Å². The average Bonchev–Trinajstić information content (AvgIpc) is 2.93. The molecule has 0 atom stereocenters. The average molecular weight is 277 g/mol. The molecule has 0 unspecified atom stereocenters. The SMILES string of the molecule is Cn1nc(C(=O)O)cc1-c1ccc2c(Cl)[nH]nc2c1. The number of H-pyrrole nitrogens is 1. The van der Waals surface area contributed by atoms with Gasteiger partial charge in [0.1, 0.15) is 5.15 Å². The lowest BCUT2D eigenvalue weighted by molar-refractivity contribution is 0.0689. The van der Waals surface area contributed by atoms with Crippen molar-refractivity contribution < 1.29 is 9.90 Å². The van der Waals surface area contributed by atoms with Crippen molar-refractivity contribution in [3.8, 4) is 11.3 Å². The van der Waals surface area contributed by atoms with Crippen LogP contribution in [0.1, 0.15) is 10.5 Å². The zero-order valence-corrected chi connectivity index (χ0v) is 10.6. The molecule has 2 N–H and O–H groups in total. The summed E-state index contributed by atoms with van der Waals surface area (Å²) in [5.74, 6) is -1.05. The molecule has 0 fully saturated rings. The zero-order chi connectivity index (χ0) is 13.6. The maximum Gasteiger partial charge on any atom is 0.356 e. The molecule has 3 rings (SSSR count). The van der Waals surface area contributed by atoms with E-state index in [0.29, 0.717) is 10.8 Å². The molecule has 0 aliphatic carbocycles. The highest BCUT2D eigenvalue weighted by molar-refractivity contribution is 6.34. The minimum Gasteiger partial charge on any atom is -0.476 e. The lowest BCUT2D eigenvalue weighted by atomic mass is 10.1. The molecule has 6 nitrogen and oxygen atoms in total. The van der Waals surface area contributed by atoms with Crippen LogP contribution in [-0.4, -0.2) is 31.1 Å². The summed E-state index contributed by atoms with van der Waals surface area (Å²) in [4.78, 5) is 10.9. The van der Waals surface area contributed by atoms with E-state index in [1.807, 2.05) is 18.2 Å². The largest absolute Gasteiger partial charge is 0.476 e. The van der Waals surface area contributed by atoms with Crippen molar-refractivity contribution >= 4 is 28.5 Å². The standard InChI is InChI=1S/C12H9ClN4O2/c1-17-10(5-9(16-17)12(18)19)6-2-3-7-8(4-6)14-15-11(7)13/h2-5H,1H3,(H,14,15)(H,18,19). The van der Waals surface area contributed by atoms with Gasteiger partial charge in [-0.05, 0) is 18.2 Å². The number of aromatic nitrogens is 4. The van der Waals surface area contributed by atoms with Gasteiger partial charge in [0, 0.05) is 18.0 Å². The second-order valence-electron chi connectivity index (χ2n) is 4.11. The Morgan fingerprint density at radius 2 is 2.21 bits per heavy atom. The molecule has 96 valence electrons. The highest BCUT2D eigenvalue weighted by atomic mass is 35.5. The predicted molar refractivity (Wildman–Crippen MR) is 70.3 cm³/mol. The molecule has 3 aromatic rings. The fourth-order valence-corrected chi connectivity index (χ4v) is 2.18. The first-order chi connectivity index (χ1) is 9.06. The second kappa shape index (κ2) is 4.10. The summed E-state index contributed by atoms with van der Waals surface area (Å²) >= 11 is 5.93. The van der Waals surface area contributed by atoms with Crippen LogP contribution in [0.3, 0.4) is 0 Å². The van der Waals surface area contributed by atoms with Gasteiger partial charge in [0.05, 0.1) is 11.2 Å². The zero-order valence-electron chi connectivity index (χ0n) is 9.88. The topological polar surface area (TPSA) is 83.8 Å². The molecule has 0 amide bonds. The molecule has 0 bridgehead atoms. The first-order valence-corrected chi connectivity index (χ1v) is 5.85. The van der Waals surface area contributed by atoms with Crippen molar-refractivity contribution in [3.05, 3.63) is 35.1 Å². The molecule has 1 aromatic carbocycles. The van der Waals surface area contributed by atoms with Gasteiger partial charge in [0.2, 0.25) is 0 Å². The number of fused-ring (bicyclic) bond motifs is 1. The molecule has 2 aromatic heterocycles. The molecule has 19 heavy (non-hydrogen) atoms. The number of benzene rings is 1. The van der Waals surface area contributed by atoms with Crippen LogP contribution in [0.5, 0.6) is 0 Å². The van der Waals surface area contributed by atoms with Crippen LogP contribution in [0.25, 0.3) is 22.2 Å². The molecule has 0 radical (unpaired) electrons. The number of hydrogen-bond donors (Lipinski definition) is 2. The maximum absolute atomic E-state index is 10.9. The highest BCUT2D eigenvalue weighted by Crippen LogP contribution is 2.27. The number of rotatable bonds is 2. The molecule has 0 saturated heterocycles. The van der Waals surface area contributed by atoms with Crippen molar-refractivity contribution in [2.24, 2.45) is 7.05 Å². The first kappa shape index (κ1) is 11.7. The van der Waals surface area contributed by atoms with E-state index in [-0.39, 0.29) is 5.69 Å². The summed E-state index contributed by atoms with van der Waals surface area (Å²) in [6, 6.07) is 7.05. The summed E-state index contributed by atoms with van der Waals surface area (Å²) in [6.07, 6.45) is 0. The number of nitrogens with zero attached hydrogens (tertiary/aromatic N) is 3. The number of nitrogens with one attached hydrogen (secondary N) is 1. The fourth-order valence-electron chi connectivity index (χ4n) is 1.98. The van der Waals surface area contributed by atoms with Crippen LogP contribution < -0.4 is 0 Å². The third kappa shape index (κ3) is 1.86. The van der Waals surface area contributed by atoms with Gasteiger partial charge >= 0.3 is 5.97 Å². The highest BCUT2D eigenvalue weighted by Gasteiger charge is 2.13. The Labute approximate surface area is 112 Å². The Bertz CT molecular complexity index is 790. The van der Waals surface area contributed by atoms with Crippen LogP contribution in [-0.2, 0) is 7.05 Å². The number of aromatic carboxylic acids is 1. The molecule has 0 aliphatic rings. The Hall–Kier alpha value is -2.34. The van der Waals surface area contributed by atoms with E-state index in [9.17, 15) is 4.79 Å². The fraction of sp³-hybridized carbons (Fsp3) is 0.0833. The molecular formula is C12H9ClN4O2. The van der Waals surface area contributed by atoms with Crippen molar-refractivity contribution in [2.75, 3.05) is 0 Å². The monoisotopic (exact) mass is 276 g/mol. The molecular weight excluding hydrogens is 268 g/mol. The van der Waals surface area contributed by atoms with Gasteiger partial charge in [0.15, 0.2) is 5.69 Å². The quantitative estimate of drug-likeness (QED) is 0.752. The third-order valence-electron chi connectivity index (χ3n) is 2.90. The van der Waals surface area contributed by atoms with Gasteiger partial charge in [-0.3, -0.25) is 9.78 Å². The van der Waals surface area contributed by atoms with E-state index in [2.05, 4.69) is 15.3 Å². The van der Waals surface area contributed by atoms with Gasteiger partial charge in [-0.15, -0.1) is 0 Å². The Morgan fingerprint density at radius 3 is 2.89 bits per heavy atom. The Morgan fingerprint density at radius 1 is 1.42 bits per heavy atom. The van der Waals surface area contributed by atoms with Gasteiger partial charge in [-0.2, -0.15) is 10.2 Å². The number of aromatic amines is 1. The molecule has 0 spiro atoms. The van der Waals surface area contributed by atoms with Gasteiger partial charge in [-0.25, -0.2) is 4.79 Å². The molecule has 2 heterocycles. The van der Waals surface area contributed by atoms with E-state index >= 15 is 0 Å². The number of halogens is 1. The first-order valence-electron chi connectivity index (χ1n) is 5.47. The summed E-state index contributed by atoms with van der Waals surface area (Å²) in [5.41, 5.74) is 2.27. The lowest BCUT2D eigenvalue weighted by Crippen LogP contribution is -1.99. The van der Waals surface area contributed by atoms with Crippen LogP contribution >= 0.6 is 11.6 Å². The van der Waals surface area contributed by atoms with E-state index < -0.39 is 5.97 Å². The molecule has 0 saturated carbocycles. The third-order valence-corrected chi connectivity index (χ3v) is 3.19. The van der Waals surface area contributed by atoms with Gasteiger partial charge < -0.3 is 5.11 Å². The summed E-state index contributed by atoms with van der Waals surface area (Å²) in [6.45, 7) is 0. The second-order valence-corrected chi connectivity index (χ2v) is 4.49. The van der Waals surface area contributed by atoms with E-state index in [1.165, 1.54) is 10.7 Å². The van der Waals surface area contributed by atoms with E-state index in [1.54, 1.807) is 7.05 Å².